The van der Waals surface area contributed by atoms with Crippen molar-refractivity contribution in [2.75, 3.05) is 7.05 Å². The molecule has 1 aromatic carbocycles. The first-order chi connectivity index (χ1) is 7.84. The molecule has 1 N–H and O–H groups in total. The van der Waals surface area contributed by atoms with E-state index in [0.717, 1.165) is 6.92 Å². The first-order valence-corrected chi connectivity index (χ1v) is 5.10. The van der Waals surface area contributed by atoms with Crippen LogP contribution in [0.15, 0.2) is 29.3 Å². The number of hydrogen-bond acceptors (Lipinski definition) is 1. The van der Waals surface area contributed by atoms with E-state index in [1.165, 1.54) is 31.3 Å². The highest BCUT2D eigenvalue weighted by Crippen LogP contribution is 2.26. The molecule has 0 heterocycles. The molecule has 5 heteroatoms. The van der Waals surface area contributed by atoms with Crippen LogP contribution in [0.25, 0.3) is 0 Å². The van der Waals surface area contributed by atoms with Crippen molar-refractivity contribution in [2.45, 2.75) is 19.8 Å². The van der Waals surface area contributed by atoms with Crippen LogP contribution in [0.3, 0.4) is 0 Å². The lowest BCUT2D eigenvalue weighted by Gasteiger charge is -2.10. The molecule has 17 heavy (non-hydrogen) atoms. The Morgan fingerprint density at radius 2 is 1.82 bits per heavy atom. The summed E-state index contributed by atoms with van der Waals surface area (Å²) >= 11 is 0. The Kier molecular flexibility index (Phi) is 3.93. The van der Waals surface area contributed by atoms with E-state index < -0.39 is 12.0 Å². The smallest absolute Gasteiger partial charge is 0.339 e. The normalized spacial score (nSPS) is 12.4. The lowest BCUT2D eigenvalue weighted by Crippen LogP contribution is -2.15. The maximum atomic E-state index is 13.0. The summed E-state index contributed by atoms with van der Waals surface area (Å²) in [5.41, 5.74) is 1.06. The van der Waals surface area contributed by atoms with E-state index in [0.29, 0.717) is 11.3 Å². The van der Waals surface area contributed by atoms with Gasteiger partial charge in [0.1, 0.15) is 0 Å². The van der Waals surface area contributed by atoms with Crippen LogP contribution in [0.1, 0.15) is 25.0 Å². The molecule has 0 aliphatic carbocycles. The number of rotatable bonds is 2. The van der Waals surface area contributed by atoms with Crippen molar-refractivity contribution in [2.24, 2.45) is 4.99 Å². The molecule has 0 radical (unpaired) electrons. The second kappa shape index (κ2) is 5.03. The molecule has 0 aliphatic heterocycles. The number of hydrogen-bond donors (Lipinski definition) is 1. The monoisotopic (exact) mass is 240 g/mol. The first-order valence-electron chi connectivity index (χ1n) is 5.10. The lowest BCUT2D eigenvalue weighted by molar-refractivity contribution is 0.0175. The van der Waals surface area contributed by atoms with E-state index in [1.807, 2.05) is 0 Å². The fourth-order valence-electron chi connectivity index (χ4n) is 1.28. The summed E-state index contributed by atoms with van der Waals surface area (Å²) in [6.07, 6.45) is 0. The standard InChI is InChI=1S/C12H14F2N2O/c1-8(16-11(17)15-3)9-4-6-10(7-5-9)12(2,13)14/h4-7H,1-3H3,(H,15,17). The van der Waals surface area contributed by atoms with Gasteiger partial charge in [-0.2, -0.15) is 4.99 Å². The van der Waals surface area contributed by atoms with E-state index in [9.17, 15) is 13.6 Å². The molecule has 92 valence electrons. The van der Waals surface area contributed by atoms with Crippen molar-refractivity contribution in [1.82, 2.24) is 5.32 Å². The summed E-state index contributed by atoms with van der Waals surface area (Å²) < 4.78 is 25.9. The van der Waals surface area contributed by atoms with Gasteiger partial charge in [-0.1, -0.05) is 24.3 Å². The van der Waals surface area contributed by atoms with Gasteiger partial charge in [-0.3, -0.25) is 0 Å². The Morgan fingerprint density at radius 1 is 1.29 bits per heavy atom. The molecule has 0 bridgehead atoms. The molecule has 0 aliphatic rings. The quantitative estimate of drug-likeness (QED) is 0.793. The van der Waals surface area contributed by atoms with E-state index in [1.54, 1.807) is 6.92 Å². The number of urea groups is 1. The summed E-state index contributed by atoms with van der Waals surface area (Å²) in [6, 6.07) is 5.24. The Labute approximate surface area is 98.6 Å². The van der Waals surface area contributed by atoms with Crippen LogP contribution in [0.5, 0.6) is 0 Å². The topological polar surface area (TPSA) is 41.5 Å². The van der Waals surface area contributed by atoms with Crippen LogP contribution in [0.4, 0.5) is 13.6 Å². The molecule has 0 saturated heterocycles. The molecule has 1 aromatic rings. The van der Waals surface area contributed by atoms with Gasteiger partial charge in [-0.05, 0) is 12.5 Å². The highest BCUT2D eigenvalue weighted by atomic mass is 19.3. The minimum absolute atomic E-state index is 0.0611. The third-order valence-electron chi connectivity index (χ3n) is 2.29. The van der Waals surface area contributed by atoms with E-state index in [4.69, 9.17) is 0 Å². The van der Waals surface area contributed by atoms with E-state index in [-0.39, 0.29) is 5.56 Å². The number of amides is 2. The zero-order valence-electron chi connectivity index (χ0n) is 9.92. The molecule has 0 unspecified atom stereocenters. The van der Waals surface area contributed by atoms with Crippen LogP contribution < -0.4 is 5.32 Å². The molecular formula is C12H14F2N2O. The van der Waals surface area contributed by atoms with Crippen LogP contribution in [0, 0.1) is 0 Å². The van der Waals surface area contributed by atoms with Crippen molar-refractivity contribution in [3.05, 3.63) is 35.4 Å². The van der Waals surface area contributed by atoms with Gasteiger partial charge < -0.3 is 5.32 Å². The number of carbonyl (C=O) groups excluding carboxylic acids is 1. The number of alkyl halides is 2. The Bertz CT molecular complexity index is 433. The van der Waals surface area contributed by atoms with Gasteiger partial charge in [0, 0.05) is 19.5 Å². The average Bonchev–Trinajstić information content (AvgIpc) is 2.27. The molecule has 0 saturated carbocycles. The van der Waals surface area contributed by atoms with Gasteiger partial charge in [0.05, 0.1) is 5.71 Å². The molecular weight excluding hydrogens is 226 g/mol. The number of carbonyl (C=O) groups is 1. The van der Waals surface area contributed by atoms with Crippen molar-refractivity contribution in [3.8, 4) is 0 Å². The minimum atomic E-state index is -2.86. The average molecular weight is 240 g/mol. The predicted molar refractivity (Wildman–Crippen MR) is 62.7 cm³/mol. The largest absolute Gasteiger partial charge is 0.340 e. The second-order valence-electron chi connectivity index (χ2n) is 3.72. The summed E-state index contributed by atoms with van der Waals surface area (Å²) in [7, 11) is 1.47. The Morgan fingerprint density at radius 3 is 2.24 bits per heavy atom. The van der Waals surface area contributed by atoms with Gasteiger partial charge in [0.15, 0.2) is 0 Å². The fourth-order valence-corrected chi connectivity index (χ4v) is 1.28. The lowest BCUT2D eigenvalue weighted by atomic mass is 10.1. The molecule has 0 aromatic heterocycles. The van der Waals surface area contributed by atoms with Crippen molar-refractivity contribution in [3.63, 3.8) is 0 Å². The van der Waals surface area contributed by atoms with Crippen molar-refractivity contribution < 1.29 is 13.6 Å². The van der Waals surface area contributed by atoms with Crippen LogP contribution in [-0.4, -0.2) is 18.8 Å². The SMILES string of the molecule is CNC(=O)N=C(C)c1ccc(C(C)(F)F)cc1. The van der Waals surface area contributed by atoms with Crippen LogP contribution in [-0.2, 0) is 5.92 Å². The van der Waals surface area contributed by atoms with Gasteiger partial charge in [0.2, 0.25) is 0 Å². The molecule has 1 rings (SSSR count). The Balaban J connectivity index is 2.96. The molecule has 3 nitrogen and oxygen atoms in total. The number of nitrogens with one attached hydrogen (secondary N) is 1. The van der Waals surface area contributed by atoms with Crippen LogP contribution in [0.2, 0.25) is 0 Å². The third kappa shape index (κ3) is 3.62. The number of halogens is 2. The fraction of sp³-hybridized carbons (Fsp3) is 0.333. The molecule has 0 fully saturated rings. The Hall–Kier alpha value is -1.78. The van der Waals surface area contributed by atoms with Gasteiger partial charge in [0.25, 0.3) is 5.92 Å². The van der Waals surface area contributed by atoms with Crippen LogP contribution >= 0.6 is 0 Å². The van der Waals surface area contributed by atoms with E-state index in [2.05, 4.69) is 10.3 Å². The minimum Gasteiger partial charge on any atom is -0.339 e. The van der Waals surface area contributed by atoms with Crippen molar-refractivity contribution >= 4 is 11.7 Å². The second-order valence-corrected chi connectivity index (χ2v) is 3.72. The number of aliphatic imine (C=N–C) groups is 1. The van der Waals surface area contributed by atoms with Gasteiger partial charge >= 0.3 is 6.03 Å². The zero-order valence-corrected chi connectivity index (χ0v) is 9.92. The predicted octanol–water partition coefficient (Wildman–Crippen LogP) is 2.95. The maximum absolute atomic E-state index is 13.0. The van der Waals surface area contributed by atoms with E-state index >= 15 is 0 Å². The first kappa shape index (κ1) is 13.3. The summed E-state index contributed by atoms with van der Waals surface area (Å²) in [4.78, 5) is 14.7. The molecule has 0 atom stereocenters. The van der Waals surface area contributed by atoms with Crippen molar-refractivity contribution in [1.29, 1.82) is 0 Å². The maximum Gasteiger partial charge on any atom is 0.340 e. The number of benzene rings is 1. The summed E-state index contributed by atoms with van der Waals surface area (Å²) in [5, 5.41) is 2.35. The summed E-state index contributed by atoms with van der Waals surface area (Å²) in [5.74, 6) is -2.86. The molecule has 2 amide bonds. The number of nitrogens with zero attached hydrogens (tertiary/aromatic N) is 1. The highest BCUT2D eigenvalue weighted by Gasteiger charge is 2.23. The zero-order chi connectivity index (χ0) is 13.1. The van der Waals surface area contributed by atoms with Gasteiger partial charge in [-0.25, -0.2) is 13.6 Å². The summed E-state index contributed by atoms with van der Waals surface area (Å²) in [6.45, 7) is 2.49. The third-order valence-corrected chi connectivity index (χ3v) is 2.29. The highest BCUT2D eigenvalue weighted by molar-refractivity contribution is 6.04. The molecule has 0 spiro atoms. The van der Waals surface area contributed by atoms with Gasteiger partial charge in [-0.15, -0.1) is 0 Å².